The Hall–Kier alpha value is -1.78. The summed E-state index contributed by atoms with van der Waals surface area (Å²) < 4.78 is 4.65. The molecule has 1 heterocycles. The lowest BCUT2D eigenvalue weighted by Gasteiger charge is -2.04. The highest BCUT2D eigenvalue weighted by molar-refractivity contribution is 5.92. The van der Waals surface area contributed by atoms with Gasteiger partial charge in [-0.2, -0.15) is 0 Å². The average molecular weight is 182 g/mol. The highest BCUT2D eigenvalue weighted by atomic mass is 16.5. The molecule has 0 amide bonds. The highest BCUT2D eigenvalue weighted by Gasteiger charge is 2.15. The number of hydrogen-bond donors (Lipinski definition) is 2. The quantitative estimate of drug-likeness (QED) is 0.652. The van der Waals surface area contributed by atoms with Crippen molar-refractivity contribution in [1.29, 1.82) is 0 Å². The number of rotatable bonds is 2. The Labute approximate surface area is 75.2 Å². The van der Waals surface area contributed by atoms with E-state index in [2.05, 4.69) is 9.72 Å². The summed E-state index contributed by atoms with van der Waals surface area (Å²) >= 11 is 0. The Bertz CT molecular complexity index is 325. The van der Waals surface area contributed by atoms with Crippen LogP contribution in [0.5, 0.6) is 5.75 Å². The van der Waals surface area contributed by atoms with Gasteiger partial charge in [-0.05, 0) is 13.0 Å². The molecule has 5 heteroatoms. The number of esters is 1. The van der Waals surface area contributed by atoms with Crippen molar-refractivity contribution in [2.24, 2.45) is 0 Å². The van der Waals surface area contributed by atoms with Crippen LogP contribution in [0, 0.1) is 0 Å². The molecule has 0 aliphatic rings. The summed E-state index contributed by atoms with van der Waals surface area (Å²) in [7, 11) is 0. The number of anilines is 1. The fraction of sp³-hybridized carbons (Fsp3) is 0.250. The van der Waals surface area contributed by atoms with Crippen LogP contribution in [0.2, 0.25) is 0 Å². The standard InChI is InChI=1S/C8H10N2O3/c1-2-13-8(12)6-7(11)5(9)3-4-10-6/h3-4,11H,2H2,1H3,(H2,9,10). The van der Waals surface area contributed by atoms with Crippen molar-refractivity contribution in [2.75, 3.05) is 12.3 Å². The zero-order chi connectivity index (χ0) is 9.84. The number of carbonyl (C=O) groups excluding carboxylic acids is 1. The molecular formula is C8H10N2O3. The van der Waals surface area contributed by atoms with Crippen LogP contribution in [0.15, 0.2) is 12.3 Å². The molecule has 0 unspecified atom stereocenters. The number of aromatic hydroxyl groups is 1. The van der Waals surface area contributed by atoms with E-state index in [1.807, 2.05) is 0 Å². The van der Waals surface area contributed by atoms with Gasteiger partial charge in [-0.15, -0.1) is 0 Å². The lowest BCUT2D eigenvalue weighted by molar-refractivity contribution is 0.0516. The molecule has 0 spiro atoms. The lowest BCUT2D eigenvalue weighted by Crippen LogP contribution is -2.08. The monoisotopic (exact) mass is 182 g/mol. The maximum Gasteiger partial charge on any atom is 0.360 e. The van der Waals surface area contributed by atoms with Crippen molar-refractivity contribution in [3.63, 3.8) is 0 Å². The molecule has 70 valence electrons. The molecule has 0 bridgehead atoms. The molecule has 1 aromatic heterocycles. The van der Waals surface area contributed by atoms with Crippen molar-refractivity contribution in [3.8, 4) is 5.75 Å². The van der Waals surface area contributed by atoms with E-state index in [1.54, 1.807) is 6.92 Å². The molecule has 1 rings (SSSR count). The molecule has 0 atom stereocenters. The Morgan fingerprint density at radius 1 is 1.77 bits per heavy atom. The summed E-state index contributed by atoms with van der Waals surface area (Å²) in [6.45, 7) is 1.90. The predicted molar refractivity (Wildman–Crippen MR) is 46.3 cm³/mol. The van der Waals surface area contributed by atoms with Crippen LogP contribution in [-0.4, -0.2) is 22.7 Å². The van der Waals surface area contributed by atoms with Crippen LogP contribution >= 0.6 is 0 Å². The van der Waals surface area contributed by atoms with Gasteiger partial charge in [0, 0.05) is 6.20 Å². The summed E-state index contributed by atoms with van der Waals surface area (Å²) in [5, 5.41) is 9.31. The fourth-order valence-electron chi connectivity index (χ4n) is 0.818. The lowest BCUT2D eigenvalue weighted by atomic mass is 10.3. The van der Waals surface area contributed by atoms with E-state index in [1.165, 1.54) is 12.3 Å². The van der Waals surface area contributed by atoms with Crippen molar-refractivity contribution >= 4 is 11.7 Å². The summed E-state index contributed by atoms with van der Waals surface area (Å²) in [5.41, 5.74) is 5.32. The second-order valence-electron chi connectivity index (χ2n) is 2.32. The van der Waals surface area contributed by atoms with Crippen molar-refractivity contribution in [1.82, 2.24) is 4.98 Å². The van der Waals surface area contributed by atoms with Gasteiger partial charge in [0.15, 0.2) is 11.4 Å². The van der Waals surface area contributed by atoms with Crippen LogP contribution < -0.4 is 5.73 Å². The molecule has 1 aromatic rings. The van der Waals surface area contributed by atoms with E-state index in [-0.39, 0.29) is 23.7 Å². The van der Waals surface area contributed by atoms with Crippen molar-refractivity contribution in [3.05, 3.63) is 18.0 Å². The van der Waals surface area contributed by atoms with Gasteiger partial charge in [0.2, 0.25) is 0 Å². The predicted octanol–water partition coefficient (Wildman–Crippen LogP) is 0.546. The Balaban J connectivity index is 3.01. The van der Waals surface area contributed by atoms with Crippen LogP contribution in [0.3, 0.4) is 0 Å². The summed E-state index contributed by atoms with van der Waals surface area (Å²) in [6, 6.07) is 1.40. The maximum atomic E-state index is 11.1. The largest absolute Gasteiger partial charge is 0.504 e. The summed E-state index contributed by atoms with van der Waals surface area (Å²) in [4.78, 5) is 14.8. The van der Waals surface area contributed by atoms with Gasteiger partial charge in [0.25, 0.3) is 0 Å². The minimum Gasteiger partial charge on any atom is -0.504 e. The number of nitrogens with two attached hydrogens (primary N) is 1. The van der Waals surface area contributed by atoms with E-state index < -0.39 is 5.97 Å². The Morgan fingerprint density at radius 3 is 3.08 bits per heavy atom. The molecule has 0 aromatic carbocycles. The molecule has 0 fully saturated rings. The zero-order valence-corrected chi connectivity index (χ0v) is 7.15. The van der Waals surface area contributed by atoms with E-state index in [0.717, 1.165) is 0 Å². The number of carbonyl (C=O) groups is 1. The fourth-order valence-corrected chi connectivity index (χ4v) is 0.818. The van der Waals surface area contributed by atoms with Gasteiger partial charge in [0.1, 0.15) is 0 Å². The second-order valence-corrected chi connectivity index (χ2v) is 2.32. The third kappa shape index (κ3) is 1.87. The molecule has 0 saturated heterocycles. The van der Waals surface area contributed by atoms with Crippen molar-refractivity contribution in [2.45, 2.75) is 6.92 Å². The molecule has 0 saturated carbocycles. The van der Waals surface area contributed by atoms with Crippen molar-refractivity contribution < 1.29 is 14.6 Å². The smallest absolute Gasteiger partial charge is 0.360 e. The van der Waals surface area contributed by atoms with Gasteiger partial charge in [0.05, 0.1) is 12.3 Å². The molecule has 0 aliphatic heterocycles. The number of nitrogen functional groups attached to an aromatic ring is 1. The molecular weight excluding hydrogens is 172 g/mol. The third-order valence-corrected chi connectivity index (χ3v) is 1.42. The van der Waals surface area contributed by atoms with Gasteiger partial charge >= 0.3 is 5.97 Å². The number of pyridine rings is 1. The number of hydrogen-bond acceptors (Lipinski definition) is 5. The first-order valence-electron chi connectivity index (χ1n) is 3.77. The molecule has 5 nitrogen and oxygen atoms in total. The number of ether oxygens (including phenoxy) is 1. The van der Waals surface area contributed by atoms with Gasteiger partial charge in [-0.1, -0.05) is 0 Å². The van der Waals surface area contributed by atoms with Crippen LogP contribution in [0.25, 0.3) is 0 Å². The third-order valence-electron chi connectivity index (χ3n) is 1.42. The number of nitrogens with zero attached hydrogens (tertiary/aromatic N) is 1. The van der Waals surface area contributed by atoms with E-state index in [4.69, 9.17) is 5.73 Å². The maximum absolute atomic E-state index is 11.1. The Morgan fingerprint density at radius 2 is 2.46 bits per heavy atom. The van der Waals surface area contributed by atoms with Gasteiger partial charge in [-0.25, -0.2) is 9.78 Å². The Kier molecular flexibility index (Phi) is 2.69. The first kappa shape index (κ1) is 9.31. The SMILES string of the molecule is CCOC(=O)c1nccc(N)c1O. The number of aromatic nitrogens is 1. The topological polar surface area (TPSA) is 85.4 Å². The first-order chi connectivity index (χ1) is 6.16. The second kappa shape index (κ2) is 3.75. The van der Waals surface area contributed by atoms with Gasteiger partial charge < -0.3 is 15.6 Å². The van der Waals surface area contributed by atoms with Crippen LogP contribution in [-0.2, 0) is 4.74 Å². The highest BCUT2D eigenvalue weighted by Crippen LogP contribution is 2.22. The summed E-state index contributed by atoms with van der Waals surface area (Å²) in [5.74, 6) is -1.01. The molecule has 0 radical (unpaired) electrons. The van der Waals surface area contributed by atoms with E-state index in [9.17, 15) is 9.90 Å². The van der Waals surface area contributed by atoms with Crippen LogP contribution in [0.1, 0.15) is 17.4 Å². The zero-order valence-electron chi connectivity index (χ0n) is 7.15. The first-order valence-corrected chi connectivity index (χ1v) is 3.77. The summed E-state index contributed by atoms with van der Waals surface area (Å²) in [6.07, 6.45) is 1.33. The normalized spacial score (nSPS) is 9.62. The molecule has 3 N–H and O–H groups in total. The minimum absolute atomic E-state index is 0.109. The molecule has 13 heavy (non-hydrogen) atoms. The molecule has 0 aliphatic carbocycles. The van der Waals surface area contributed by atoms with E-state index >= 15 is 0 Å². The van der Waals surface area contributed by atoms with E-state index in [0.29, 0.717) is 0 Å². The van der Waals surface area contributed by atoms with Crippen LogP contribution in [0.4, 0.5) is 5.69 Å². The minimum atomic E-state index is -0.674. The van der Waals surface area contributed by atoms with Gasteiger partial charge in [-0.3, -0.25) is 0 Å². The average Bonchev–Trinajstić information content (AvgIpc) is 2.10.